The first-order valence-electron chi connectivity index (χ1n) is 7.16. The van der Waals surface area contributed by atoms with Crippen LogP contribution < -0.4 is 10.1 Å². The highest BCUT2D eigenvalue weighted by atomic mass is 16.6. The molecule has 0 fully saturated rings. The topological polar surface area (TPSA) is 81.5 Å². The molecule has 0 heterocycles. The van der Waals surface area contributed by atoms with Gasteiger partial charge in [-0.3, -0.25) is 14.9 Å². The molecule has 120 valence electrons. The molecule has 0 aliphatic heterocycles. The summed E-state index contributed by atoms with van der Waals surface area (Å²) in [6.45, 7) is 5.47. The summed E-state index contributed by atoms with van der Waals surface area (Å²) in [4.78, 5) is 22.4. The molecular formula is C17H18N2O4. The zero-order valence-electron chi connectivity index (χ0n) is 13.2. The van der Waals surface area contributed by atoms with Crippen LogP contribution in [0.25, 0.3) is 0 Å². The van der Waals surface area contributed by atoms with Crippen molar-refractivity contribution in [3.05, 3.63) is 63.7 Å². The fourth-order valence-electron chi connectivity index (χ4n) is 2.14. The van der Waals surface area contributed by atoms with Crippen LogP contribution in [0, 0.1) is 24.0 Å². The molecule has 0 saturated heterocycles. The quantitative estimate of drug-likeness (QED) is 0.675. The Bertz CT molecular complexity index is 706. The second-order valence-corrected chi connectivity index (χ2v) is 5.27. The minimum atomic E-state index is -0.726. The van der Waals surface area contributed by atoms with E-state index in [0.717, 1.165) is 16.8 Å². The molecule has 23 heavy (non-hydrogen) atoms. The van der Waals surface area contributed by atoms with E-state index < -0.39 is 11.0 Å². The lowest BCUT2D eigenvalue weighted by Gasteiger charge is -2.17. The molecule has 1 N–H and O–H groups in total. The van der Waals surface area contributed by atoms with E-state index >= 15 is 0 Å². The van der Waals surface area contributed by atoms with E-state index in [9.17, 15) is 14.9 Å². The third kappa shape index (κ3) is 4.06. The number of hydrogen-bond acceptors (Lipinski definition) is 4. The van der Waals surface area contributed by atoms with Crippen LogP contribution in [0.2, 0.25) is 0 Å². The van der Waals surface area contributed by atoms with E-state index in [4.69, 9.17) is 4.74 Å². The number of nitrogens with one attached hydrogen (secondary N) is 1. The predicted molar refractivity (Wildman–Crippen MR) is 87.7 cm³/mol. The van der Waals surface area contributed by atoms with Crippen LogP contribution in [0.5, 0.6) is 5.75 Å². The van der Waals surface area contributed by atoms with Gasteiger partial charge in [0, 0.05) is 17.8 Å². The summed E-state index contributed by atoms with van der Waals surface area (Å²) in [6.07, 6.45) is -0.726. The second kappa shape index (κ2) is 6.91. The number of hydrogen-bond donors (Lipinski definition) is 1. The number of carbonyl (C=O) groups is 1. The van der Waals surface area contributed by atoms with Gasteiger partial charge in [0.15, 0.2) is 6.10 Å². The molecule has 2 rings (SSSR count). The number of carbonyl (C=O) groups excluding carboxylic acids is 1. The van der Waals surface area contributed by atoms with Crippen LogP contribution in [0.3, 0.4) is 0 Å². The maximum absolute atomic E-state index is 12.3. The number of anilines is 1. The lowest BCUT2D eigenvalue weighted by Crippen LogP contribution is -2.30. The molecule has 0 aliphatic carbocycles. The van der Waals surface area contributed by atoms with Crippen molar-refractivity contribution in [2.45, 2.75) is 26.9 Å². The maximum Gasteiger partial charge on any atom is 0.269 e. The first-order chi connectivity index (χ1) is 10.9. The van der Waals surface area contributed by atoms with Crippen molar-refractivity contribution < 1.29 is 14.5 Å². The third-order valence-electron chi connectivity index (χ3n) is 3.46. The van der Waals surface area contributed by atoms with Crippen molar-refractivity contribution in [1.29, 1.82) is 0 Å². The van der Waals surface area contributed by atoms with E-state index in [2.05, 4.69) is 5.32 Å². The first kappa shape index (κ1) is 16.5. The lowest BCUT2D eigenvalue weighted by molar-refractivity contribution is -0.384. The Morgan fingerprint density at radius 1 is 1.13 bits per heavy atom. The molecule has 6 heteroatoms. The third-order valence-corrected chi connectivity index (χ3v) is 3.46. The van der Waals surface area contributed by atoms with Crippen molar-refractivity contribution in [1.82, 2.24) is 0 Å². The van der Waals surface area contributed by atoms with Gasteiger partial charge in [0.2, 0.25) is 0 Å². The van der Waals surface area contributed by atoms with Crippen LogP contribution in [0.15, 0.2) is 42.5 Å². The number of ether oxygens (including phenoxy) is 1. The van der Waals surface area contributed by atoms with Crippen LogP contribution in [-0.4, -0.2) is 16.9 Å². The summed E-state index contributed by atoms with van der Waals surface area (Å²) < 4.78 is 5.53. The highest BCUT2D eigenvalue weighted by molar-refractivity contribution is 5.95. The summed E-state index contributed by atoms with van der Waals surface area (Å²) in [5.41, 5.74) is 2.70. The van der Waals surface area contributed by atoms with Crippen LogP contribution in [0.4, 0.5) is 11.4 Å². The predicted octanol–water partition coefficient (Wildman–Crippen LogP) is 3.62. The standard InChI is InChI=1S/C17H18N2O4/c1-11-5-4-6-12(2)16(11)18-17(20)13(3)23-15-9-7-14(8-10-15)19(21)22/h4-10,13H,1-3H3,(H,18,20)/t13-/m1/s1. The smallest absolute Gasteiger partial charge is 0.269 e. The van der Waals surface area contributed by atoms with Gasteiger partial charge in [0.1, 0.15) is 5.75 Å². The normalized spacial score (nSPS) is 11.6. The molecule has 0 radical (unpaired) electrons. The number of aryl methyl sites for hydroxylation is 2. The van der Waals surface area contributed by atoms with Gasteiger partial charge < -0.3 is 10.1 Å². The van der Waals surface area contributed by atoms with Crippen molar-refractivity contribution in [2.24, 2.45) is 0 Å². The van der Waals surface area contributed by atoms with Gasteiger partial charge in [0.05, 0.1) is 4.92 Å². The van der Waals surface area contributed by atoms with E-state index in [1.165, 1.54) is 24.3 Å². The summed E-state index contributed by atoms with van der Waals surface area (Å²) >= 11 is 0. The molecule has 2 aromatic carbocycles. The minimum Gasteiger partial charge on any atom is -0.481 e. The van der Waals surface area contributed by atoms with Gasteiger partial charge in [-0.05, 0) is 44.0 Å². The number of nitro benzene ring substituents is 1. The Morgan fingerprint density at radius 2 is 1.70 bits per heavy atom. The molecule has 0 spiro atoms. The minimum absolute atomic E-state index is 0.0232. The SMILES string of the molecule is Cc1cccc(C)c1NC(=O)[C@@H](C)Oc1ccc([N+](=O)[O-])cc1. The number of amides is 1. The van der Waals surface area contributed by atoms with Crippen molar-refractivity contribution in [3.8, 4) is 5.75 Å². The fourth-order valence-corrected chi connectivity index (χ4v) is 2.14. The number of para-hydroxylation sites is 1. The van der Waals surface area contributed by atoms with Crippen LogP contribution in [-0.2, 0) is 4.79 Å². The largest absolute Gasteiger partial charge is 0.481 e. The number of nitro groups is 1. The van der Waals surface area contributed by atoms with Gasteiger partial charge in [-0.15, -0.1) is 0 Å². The van der Waals surface area contributed by atoms with E-state index in [1.807, 2.05) is 32.0 Å². The summed E-state index contributed by atoms with van der Waals surface area (Å²) in [7, 11) is 0. The summed E-state index contributed by atoms with van der Waals surface area (Å²) in [6, 6.07) is 11.4. The number of rotatable bonds is 5. The van der Waals surface area contributed by atoms with Crippen LogP contribution in [0.1, 0.15) is 18.1 Å². The average Bonchev–Trinajstić information content (AvgIpc) is 2.51. The maximum atomic E-state index is 12.3. The van der Waals surface area contributed by atoms with Gasteiger partial charge in [-0.1, -0.05) is 18.2 Å². The monoisotopic (exact) mass is 314 g/mol. The molecule has 0 aromatic heterocycles. The van der Waals surface area contributed by atoms with Crippen molar-refractivity contribution >= 4 is 17.3 Å². The Balaban J connectivity index is 2.04. The summed E-state index contributed by atoms with van der Waals surface area (Å²) in [5.74, 6) is 0.125. The zero-order valence-corrected chi connectivity index (χ0v) is 13.2. The van der Waals surface area contributed by atoms with Crippen molar-refractivity contribution in [3.63, 3.8) is 0 Å². The first-order valence-corrected chi connectivity index (χ1v) is 7.16. The molecule has 0 bridgehead atoms. The number of benzene rings is 2. The molecular weight excluding hydrogens is 296 g/mol. The molecule has 6 nitrogen and oxygen atoms in total. The lowest BCUT2D eigenvalue weighted by atomic mass is 10.1. The molecule has 0 saturated carbocycles. The molecule has 2 aromatic rings. The Labute approximate surface area is 134 Å². The van der Waals surface area contributed by atoms with Gasteiger partial charge in [-0.25, -0.2) is 0 Å². The highest BCUT2D eigenvalue weighted by Gasteiger charge is 2.17. The van der Waals surface area contributed by atoms with E-state index in [1.54, 1.807) is 6.92 Å². The molecule has 0 aliphatic rings. The highest BCUT2D eigenvalue weighted by Crippen LogP contribution is 2.21. The molecule has 0 unspecified atom stereocenters. The van der Waals surface area contributed by atoms with Gasteiger partial charge in [0.25, 0.3) is 11.6 Å². The molecule has 1 atom stereocenters. The average molecular weight is 314 g/mol. The Kier molecular flexibility index (Phi) is 4.95. The van der Waals surface area contributed by atoms with Gasteiger partial charge in [-0.2, -0.15) is 0 Å². The second-order valence-electron chi connectivity index (χ2n) is 5.27. The zero-order chi connectivity index (χ0) is 17.0. The van der Waals surface area contributed by atoms with Crippen molar-refractivity contribution in [2.75, 3.05) is 5.32 Å². The Hall–Kier alpha value is -2.89. The molecule has 1 amide bonds. The number of nitrogens with zero attached hydrogens (tertiary/aromatic N) is 1. The number of non-ortho nitro benzene ring substituents is 1. The van der Waals surface area contributed by atoms with Crippen LogP contribution >= 0.6 is 0 Å². The van der Waals surface area contributed by atoms with E-state index in [0.29, 0.717) is 5.75 Å². The Morgan fingerprint density at radius 3 is 2.22 bits per heavy atom. The summed E-state index contributed by atoms with van der Waals surface area (Å²) in [5, 5.41) is 13.5. The van der Waals surface area contributed by atoms with Gasteiger partial charge >= 0.3 is 0 Å². The fraction of sp³-hybridized carbons (Fsp3) is 0.235. The van der Waals surface area contributed by atoms with E-state index in [-0.39, 0.29) is 11.6 Å².